The van der Waals surface area contributed by atoms with Gasteiger partial charge in [0, 0.05) is 0 Å². The van der Waals surface area contributed by atoms with Crippen molar-refractivity contribution in [3.05, 3.63) is 0 Å². The van der Waals surface area contributed by atoms with Gasteiger partial charge in [-0.05, 0) is 0 Å². The lowest BCUT2D eigenvalue weighted by Gasteiger charge is -1.78. The molecule has 54 valence electrons. The Morgan fingerprint density at radius 3 is 1.90 bits per heavy atom. The maximum Gasteiger partial charge on any atom is 0.373 e. The molecule has 0 aromatic carbocycles. The van der Waals surface area contributed by atoms with Gasteiger partial charge in [-0.1, -0.05) is 0 Å². The van der Waals surface area contributed by atoms with E-state index in [0.29, 0.717) is 0 Å². The SMILES string of the molecule is O=C1CNC(=O)N1.O=C=O. The minimum Gasteiger partial charge on any atom is -0.329 e. The second-order valence-electron chi connectivity index (χ2n) is 1.31. The van der Waals surface area contributed by atoms with Crippen molar-refractivity contribution in [1.29, 1.82) is 0 Å². The van der Waals surface area contributed by atoms with Crippen molar-refractivity contribution in [1.82, 2.24) is 10.6 Å². The van der Waals surface area contributed by atoms with E-state index in [1.165, 1.54) is 0 Å². The number of hydrogen-bond acceptors (Lipinski definition) is 4. The summed E-state index contributed by atoms with van der Waals surface area (Å²) in [7, 11) is 0. The molecule has 0 bridgehead atoms. The highest BCUT2D eigenvalue weighted by Gasteiger charge is 2.14. The van der Waals surface area contributed by atoms with Crippen LogP contribution in [0.5, 0.6) is 0 Å². The lowest BCUT2D eigenvalue weighted by Crippen LogP contribution is -2.22. The Morgan fingerprint density at radius 2 is 1.80 bits per heavy atom. The lowest BCUT2D eigenvalue weighted by atomic mass is 10.7. The summed E-state index contributed by atoms with van der Waals surface area (Å²) in [5, 5.41) is 4.30. The predicted molar refractivity (Wildman–Crippen MR) is 26.5 cm³/mol. The second kappa shape index (κ2) is 4.22. The molecule has 0 aromatic rings. The molecule has 1 aliphatic heterocycles. The van der Waals surface area contributed by atoms with Crippen molar-refractivity contribution in [2.24, 2.45) is 0 Å². The Hall–Kier alpha value is -1.68. The molecule has 6 heteroatoms. The first-order valence-electron chi connectivity index (χ1n) is 2.27. The van der Waals surface area contributed by atoms with Crippen LogP contribution in [0.15, 0.2) is 0 Å². The van der Waals surface area contributed by atoms with Gasteiger partial charge in [0.2, 0.25) is 5.91 Å². The monoisotopic (exact) mass is 144 g/mol. The highest BCUT2D eigenvalue weighted by molar-refractivity contribution is 6.01. The first-order chi connectivity index (χ1) is 4.70. The summed E-state index contributed by atoms with van der Waals surface area (Å²) in [5.74, 6) is -0.259. The van der Waals surface area contributed by atoms with Gasteiger partial charge in [-0.2, -0.15) is 9.59 Å². The maximum atomic E-state index is 10.1. The summed E-state index contributed by atoms with van der Waals surface area (Å²) in [4.78, 5) is 36.3. The van der Waals surface area contributed by atoms with E-state index in [0.717, 1.165) is 0 Å². The number of nitrogens with one attached hydrogen (secondary N) is 2. The average Bonchev–Trinajstić information content (AvgIpc) is 2.17. The zero-order valence-electron chi connectivity index (χ0n) is 4.84. The molecule has 1 aliphatic rings. The van der Waals surface area contributed by atoms with E-state index in [-0.39, 0.29) is 18.6 Å². The summed E-state index contributed by atoms with van der Waals surface area (Å²) < 4.78 is 0. The largest absolute Gasteiger partial charge is 0.373 e. The van der Waals surface area contributed by atoms with Crippen molar-refractivity contribution in [3.8, 4) is 0 Å². The molecule has 0 atom stereocenters. The molecule has 0 spiro atoms. The van der Waals surface area contributed by atoms with Crippen LogP contribution in [-0.2, 0) is 14.4 Å². The fraction of sp³-hybridized carbons (Fsp3) is 0.250. The molecule has 0 aliphatic carbocycles. The third-order valence-corrected chi connectivity index (χ3v) is 0.662. The molecule has 1 rings (SSSR count). The Kier molecular flexibility index (Phi) is 3.51. The van der Waals surface area contributed by atoms with E-state index in [2.05, 4.69) is 5.32 Å². The van der Waals surface area contributed by atoms with Crippen LogP contribution in [0.3, 0.4) is 0 Å². The van der Waals surface area contributed by atoms with Gasteiger partial charge in [0.1, 0.15) is 0 Å². The molecule has 0 saturated carbocycles. The van der Waals surface area contributed by atoms with Crippen molar-refractivity contribution in [2.45, 2.75) is 0 Å². The van der Waals surface area contributed by atoms with Gasteiger partial charge in [0.15, 0.2) is 0 Å². The molecule has 10 heavy (non-hydrogen) atoms. The molecule has 1 heterocycles. The fourth-order valence-electron chi connectivity index (χ4n) is 0.376. The zero-order chi connectivity index (χ0) is 7.98. The van der Waals surface area contributed by atoms with E-state index in [4.69, 9.17) is 9.59 Å². The Balaban J connectivity index is 0.000000236. The number of rotatable bonds is 0. The highest BCUT2D eigenvalue weighted by atomic mass is 16.2. The first-order valence-corrected chi connectivity index (χ1v) is 2.27. The summed E-state index contributed by atoms with van der Waals surface area (Å²) in [5.41, 5.74) is 0. The van der Waals surface area contributed by atoms with Crippen LogP contribution in [0.4, 0.5) is 4.79 Å². The van der Waals surface area contributed by atoms with E-state index in [1.54, 1.807) is 0 Å². The molecular weight excluding hydrogens is 140 g/mol. The van der Waals surface area contributed by atoms with Crippen molar-refractivity contribution in [2.75, 3.05) is 6.54 Å². The number of imide groups is 1. The van der Waals surface area contributed by atoms with E-state index in [9.17, 15) is 9.59 Å². The number of urea groups is 1. The predicted octanol–water partition coefficient (Wildman–Crippen LogP) is -1.76. The van der Waals surface area contributed by atoms with Crippen LogP contribution in [0.25, 0.3) is 0 Å². The molecule has 1 saturated heterocycles. The summed E-state index contributed by atoms with van der Waals surface area (Å²) in [6.45, 7) is 0.124. The van der Waals surface area contributed by atoms with Crippen LogP contribution in [0, 0.1) is 0 Å². The molecule has 3 amide bonds. The standard InChI is InChI=1S/C3H4N2O2.CO2/c6-2-1-4-3(7)5-2;2-1-3/h1H2,(H2,4,5,6,7);. The maximum absolute atomic E-state index is 10.1. The van der Waals surface area contributed by atoms with Gasteiger partial charge >= 0.3 is 12.2 Å². The number of carbonyl (C=O) groups is 2. The Morgan fingerprint density at radius 1 is 1.30 bits per heavy atom. The topological polar surface area (TPSA) is 92.3 Å². The summed E-state index contributed by atoms with van der Waals surface area (Å²) >= 11 is 0. The van der Waals surface area contributed by atoms with Gasteiger partial charge in [-0.25, -0.2) is 4.79 Å². The van der Waals surface area contributed by atoms with E-state index in [1.807, 2.05) is 5.32 Å². The van der Waals surface area contributed by atoms with Crippen LogP contribution in [0.1, 0.15) is 0 Å². The molecule has 1 fully saturated rings. The van der Waals surface area contributed by atoms with Gasteiger partial charge in [0.25, 0.3) is 0 Å². The van der Waals surface area contributed by atoms with Crippen LogP contribution < -0.4 is 10.6 Å². The van der Waals surface area contributed by atoms with Gasteiger partial charge in [-0.15, -0.1) is 0 Å². The lowest BCUT2D eigenvalue weighted by molar-refractivity contribution is -0.191. The van der Waals surface area contributed by atoms with Gasteiger partial charge in [-0.3, -0.25) is 10.1 Å². The number of hydrogen-bond donors (Lipinski definition) is 2. The fourth-order valence-corrected chi connectivity index (χ4v) is 0.376. The normalized spacial score (nSPS) is 14.0. The average molecular weight is 144 g/mol. The summed E-state index contributed by atoms with van der Waals surface area (Å²) in [6.07, 6.45) is 0.250. The number of amides is 3. The molecular formula is C4H4N2O4. The second-order valence-corrected chi connectivity index (χ2v) is 1.31. The van der Waals surface area contributed by atoms with Crippen LogP contribution in [-0.4, -0.2) is 24.6 Å². The summed E-state index contributed by atoms with van der Waals surface area (Å²) in [6, 6.07) is -0.398. The Labute approximate surface area is 55.6 Å². The van der Waals surface area contributed by atoms with Crippen molar-refractivity contribution < 1.29 is 19.2 Å². The molecule has 2 N–H and O–H groups in total. The number of carbonyl (C=O) groups excluding carboxylic acids is 4. The zero-order valence-corrected chi connectivity index (χ0v) is 4.84. The quantitative estimate of drug-likeness (QED) is 0.394. The molecule has 6 nitrogen and oxygen atoms in total. The minimum atomic E-state index is -0.398. The van der Waals surface area contributed by atoms with Gasteiger partial charge < -0.3 is 5.32 Å². The van der Waals surface area contributed by atoms with E-state index >= 15 is 0 Å². The highest BCUT2D eigenvalue weighted by Crippen LogP contribution is 1.73. The van der Waals surface area contributed by atoms with Crippen LogP contribution >= 0.6 is 0 Å². The third kappa shape index (κ3) is 3.34. The molecule has 0 aromatic heterocycles. The van der Waals surface area contributed by atoms with E-state index < -0.39 is 6.03 Å². The Bertz CT molecular complexity index is 168. The molecule has 0 unspecified atom stereocenters. The van der Waals surface area contributed by atoms with Gasteiger partial charge in [0.05, 0.1) is 6.54 Å². The van der Waals surface area contributed by atoms with Crippen molar-refractivity contribution in [3.63, 3.8) is 0 Å². The van der Waals surface area contributed by atoms with Crippen molar-refractivity contribution >= 4 is 18.1 Å². The first kappa shape index (κ1) is 8.32. The van der Waals surface area contributed by atoms with Crippen LogP contribution in [0.2, 0.25) is 0 Å². The smallest absolute Gasteiger partial charge is 0.329 e. The third-order valence-electron chi connectivity index (χ3n) is 0.662. The molecule has 0 radical (unpaired) electrons. The minimum absolute atomic E-state index is 0.124.